The number of hydrogen-bond acceptors (Lipinski definition) is 3. The molecule has 4 nitrogen and oxygen atoms in total. The van der Waals surface area contributed by atoms with E-state index in [1.54, 1.807) is 19.1 Å². The molecule has 0 spiro atoms. The topological polar surface area (TPSA) is 63.2 Å². The van der Waals surface area contributed by atoms with Crippen molar-refractivity contribution in [2.75, 3.05) is 6.54 Å². The lowest BCUT2D eigenvalue weighted by Gasteiger charge is -2.06. The summed E-state index contributed by atoms with van der Waals surface area (Å²) < 4.78 is 26.2. The standard InChI is InChI=1S/C13H15NO3S/c1-3-4-5-9-14-18(16,17)13-8-6-7-12(10-13)11(2)15/h6-8,10,14H,5,9H2,1-2H3. The third-order valence-corrected chi connectivity index (χ3v) is 3.73. The first-order valence-electron chi connectivity index (χ1n) is 5.47. The van der Waals surface area contributed by atoms with Crippen LogP contribution in [0, 0.1) is 11.8 Å². The Kier molecular flexibility index (Phi) is 5.08. The normalized spacial score (nSPS) is 10.6. The van der Waals surface area contributed by atoms with Crippen molar-refractivity contribution in [2.45, 2.75) is 25.2 Å². The molecule has 0 unspecified atom stereocenters. The molecule has 1 aromatic carbocycles. The van der Waals surface area contributed by atoms with Crippen LogP contribution in [0.15, 0.2) is 29.2 Å². The lowest BCUT2D eigenvalue weighted by molar-refractivity contribution is 0.101. The second kappa shape index (κ2) is 6.34. The highest BCUT2D eigenvalue weighted by molar-refractivity contribution is 7.89. The summed E-state index contributed by atoms with van der Waals surface area (Å²) in [7, 11) is -3.57. The van der Waals surface area contributed by atoms with E-state index in [4.69, 9.17) is 0 Å². The summed E-state index contributed by atoms with van der Waals surface area (Å²) in [5.41, 5.74) is 0.381. The Labute approximate surface area is 107 Å². The Bertz CT molecular complexity index is 594. The van der Waals surface area contributed by atoms with Crippen LogP contribution in [0.3, 0.4) is 0 Å². The molecule has 0 atom stereocenters. The highest BCUT2D eigenvalue weighted by Gasteiger charge is 2.14. The van der Waals surface area contributed by atoms with Gasteiger partial charge in [0.1, 0.15) is 0 Å². The number of carbonyl (C=O) groups excluding carboxylic acids is 1. The highest BCUT2D eigenvalue weighted by atomic mass is 32.2. The second-order valence-electron chi connectivity index (χ2n) is 3.66. The predicted octanol–water partition coefficient (Wildman–Crippen LogP) is 1.58. The van der Waals surface area contributed by atoms with Crippen LogP contribution in [0.4, 0.5) is 0 Å². The summed E-state index contributed by atoms with van der Waals surface area (Å²) in [6.07, 6.45) is 0.460. The summed E-state index contributed by atoms with van der Waals surface area (Å²) in [6.45, 7) is 3.36. The molecule has 0 heterocycles. The fourth-order valence-corrected chi connectivity index (χ4v) is 2.42. The third kappa shape index (κ3) is 3.99. The highest BCUT2D eigenvalue weighted by Crippen LogP contribution is 2.11. The molecular formula is C13H15NO3S. The second-order valence-corrected chi connectivity index (χ2v) is 5.43. The van der Waals surface area contributed by atoms with E-state index < -0.39 is 10.0 Å². The van der Waals surface area contributed by atoms with Crippen LogP contribution in [-0.2, 0) is 10.0 Å². The van der Waals surface area contributed by atoms with E-state index in [1.807, 2.05) is 0 Å². The van der Waals surface area contributed by atoms with E-state index >= 15 is 0 Å². The zero-order chi connectivity index (χ0) is 13.6. The monoisotopic (exact) mass is 265 g/mol. The lowest BCUT2D eigenvalue weighted by Crippen LogP contribution is -2.24. The number of nitrogens with one attached hydrogen (secondary N) is 1. The van der Waals surface area contributed by atoms with Crippen LogP contribution >= 0.6 is 0 Å². The van der Waals surface area contributed by atoms with Gasteiger partial charge in [0.05, 0.1) is 4.90 Å². The molecule has 1 N–H and O–H groups in total. The Morgan fingerprint density at radius 1 is 1.39 bits per heavy atom. The van der Waals surface area contributed by atoms with E-state index in [0.717, 1.165) is 0 Å². The fraction of sp³-hybridized carbons (Fsp3) is 0.308. The molecule has 18 heavy (non-hydrogen) atoms. The minimum atomic E-state index is -3.57. The molecule has 0 aliphatic carbocycles. The molecule has 0 saturated heterocycles. The number of hydrogen-bond donors (Lipinski definition) is 1. The number of benzene rings is 1. The first-order valence-corrected chi connectivity index (χ1v) is 6.96. The summed E-state index contributed by atoms with van der Waals surface area (Å²) in [4.78, 5) is 11.3. The Morgan fingerprint density at radius 3 is 2.72 bits per heavy atom. The molecule has 5 heteroatoms. The van der Waals surface area contributed by atoms with Crippen molar-refractivity contribution in [2.24, 2.45) is 0 Å². The van der Waals surface area contributed by atoms with Crippen LogP contribution < -0.4 is 4.72 Å². The number of ketones is 1. The van der Waals surface area contributed by atoms with Gasteiger partial charge in [-0.05, 0) is 26.0 Å². The van der Waals surface area contributed by atoms with E-state index in [-0.39, 0.29) is 17.2 Å². The van der Waals surface area contributed by atoms with Crippen molar-refractivity contribution in [1.29, 1.82) is 0 Å². The van der Waals surface area contributed by atoms with Crippen molar-refractivity contribution < 1.29 is 13.2 Å². The molecule has 96 valence electrons. The van der Waals surface area contributed by atoms with Gasteiger partial charge in [0.25, 0.3) is 0 Å². The molecule has 1 aromatic rings. The number of Topliss-reactive ketones (excluding diaryl/α,β-unsaturated/α-hetero) is 1. The maximum absolute atomic E-state index is 11.9. The van der Waals surface area contributed by atoms with Gasteiger partial charge >= 0.3 is 0 Å². The quantitative estimate of drug-likeness (QED) is 0.499. The molecule has 0 bridgehead atoms. The summed E-state index contributed by atoms with van der Waals surface area (Å²) in [5.74, 6) is 5.30. The molecule has 0 aliphatic heterocycles. The zero-order valence-electron chi connectivity index (χ0n) is 10.4. The van der Waals surface area contributed by atoms with E-state index in [0.29, 0.717) is 12.0 Å². The SMILES string of the molecule is CC#CCCNS(=O)(=O)c1cccc(C(C)=O)c1. The van der Waals surface area contributed by atoms with Gasteiger partial charge in [-0.3, -0.25) is 4.79 Å². The first kappa shape index (κ1) is 14.4. The Hall–Kier alpha value is -1.64. The van der Waals surface area contributed by atoms with Crippen molar-refractivity contribution in [3.8, 4) is 11.8 Å². The molecule has 1 rings (SSSR count). The van der Waals surface area contributed by atoms with Crippen LogP contribution in [0.5, 0.6) is 0 Å². The minimum absolute atomic E-state index is 0.0969. The van der Waals surface area contributed by atoms with Gasteiger partial charge in [-0.1, -0.05) is 12.1 Å². The molecular weight excluding hydrogens is 250 g/mol. The van der Waals surface area contributed by atoms with Gasteiger partial charge in [-0.25, -0.2) is 13.1 Å². The number of sulfonamides is 1. The molecule has 0 amide bonds. The van der Waals surface area contributed by atoms with Gasteiger partial charge in [0.15, 0.2) is 5.78 Å². The smallest absolute Gasteiger partial charge is 0.240 e. The summed E-state index contributed by atoms with van der Waals surface area (Å²) in [6, 6.07) is 5.97. The molecule has 0 radical (unpaired) electrons. The van der Waals surface area contributed by atoms with Gasteiger partial charge in [-0.2, -0.15) is 0 Å². The van der Waals surface area contributed by atoms with Gasteiger partial charge in [-0.15, -0.1) is 11.8 Å². The molecule has 0 aliphatic rings. The lowest BCUT2D eigenvalue weighted by atomic mass is 10.2. The number of rotatable bonds is 5. The largest absolute Gasteiger partial charge is 0.295 e. The predicted molar refractivity (Wildman–Crippen MR) is 69.7 cm³/mol. The van der Waals surface area contributed by atoms with Crippen molar-refractivity contribution in [1.82, 2.24) is 4.72 Å². The van der Waals surface area contributed by atoms with Crippen LogP contribution in [0.2, 0.25) is 0 Å². The van der Waals surface area contributed by atoms with Gasteiger partial charge in [0, 0.05) is 18.5 Å². The maximum atomic E-state index is 11.9. The summed E-state index contributed by atoms with van der Waals surface area (Å²) in [5, 5.41) is 0. The maximum Gasteiger partial charge on any atom is 0.240 e. The average molecular weight is 265 g/mol. The Morgan fingerprint density at radius 2 is 2.11 bits per heavy atom. The van der Waals surface area contributed by atoms with Crippen molar-refractivity contribution in [3.05, 3.63) is 29.8 Å². The molecule has 0 aromatic heterocycles. The van der Waals surface area contributed by atoms with Crippen LogP contribution in [0.25, 0.3) is 0 Å². The molecule has 0 fully saturated rings. The minimum Gasteiger partial charge on any atom is -0.295 e. The average Bonchev–Trinajstić information content (AvgIpc) is 2.35. The zero-order valence-corrected chi connectivity index (χ0v) is 11.2. The third-order valence-electron chi connectivity index (χ3n) is 2.27. The first-order chi connectivity index (χ1) is 8.47. The van der Waals surface area contributed by atoms with E-state index in [1.165, 1.54) is 19.1 Å². The molecule has 0 saturated carbocycles. The summed E-state index contributed by atoms with van der Waals surface area (Å²) >= 11 is 0. The van der Waals surface area contributed by atoms with Crippen molar-refractivity contribution in [3.63, 3.8) is 0 Å². The van der Waals surface area contributed by atoms with E-state index in [9.17, 15) is 13.2 Å². The van der Waals surface area contributed by atoms with Gasteiger partial charge in [0.2, 0.25) is 10.0 Å². The fourth-order valence-electron chi connectivity index (χ4n) is 1.34. The Balaban J connectivity index is 2.86. The van der Waals surface area contributed by atoms with Crippen LogP contribution in [-0.4, -0.2) is 20.7 Å². The van der Waals surface area contributed by atoms with Crippen molar-refractivity contribution >= 4 is 15.8 Å². The van der Waals surface area contributed by atoms with Crippen LogP contribution in [0.1, 0.15) is 30.6 Å². The van der Waals surface area contributed by atoms with E-state index in [2.05, 4.69) is 16.6 Å². The number of carbonyl (C=O) groups is 1. The van der Waals surface area contributed by atoms with Gasteiger partial charge < -0.3 is 0 Å².